The Labute approximate surface area is 58.9 Å². The van der Waals surface area contributed by atoms with Crippen LogP contribution in [0.1, 0.15) is 12.8 Å². The topological polar surface area (TPSA) is 14.1 Å². The van der Waals surface area contributed by atoms with E-state index in [4.69, 9.17) is 0 Å². The summed E-state index contributed by atoms with van der Waals surface area (Å²) < 4.78 is 0. The molecule has 0 aromatic carbocycles. The van der Waals surface area contributed by atoms with Gasteiger partial charge in [-0.1, -0.05) is 19.6 Å². The van der Waals surface area contributed by atoms with Crippen molar-refractivity contribution in [3.63, 3.8) is 0 Å². The number of hydrogen-bond donors (Lipinski definition) is 0. The Hall–Kier alpha value is 0.177. The molecule has 0 aromatic heterocycles. The molecule has 0 amide bonds. The van der Waals surface area contributed by atoms with E-state index in [2.05, 4.69) is 25.0 Å². The average molecular weight is 142 g/mol. The zero-order valence-electron chi connectivity index (χ0n) is 6.65. The zero-order chi connectivity index (χ0) is 6.91. The normalized spacial score (nSPS) is 29.0. The second kappa shape index (κ2) is 2.43. The fraction of sp³-hybridized carbons (Fsp3) is 1.00. The standard InChI is InChI=1S/C7H16NSi/c1-9(2,3)7-5-4-6-8-7/h7H,4-6H2,1-3H3. The molecule has 1 unspecified atom stereocenters. The van der Waals surface area contributed by atoms with Crippen molar-refractivity contribution in [2.24, 2.45) is 0 Å². The maximum absolute atomic E-state index is 4.57. The molecule has 53 valence electrons. The van der Waals surface area contributed by atoms with Crippen LogP contribution in [0.15, 0.2) is 0 Å². The van der Waals surface area contributed by atoms with E-state index in [-0.39, 0.29) is 0 Å². The largest absolute Gasteiger partial charge is 0.242 e. The van der Waals surface area contributed by atoms with Gasteiger partial charge in [0.15, 0.2) is 0 Å². The number of nitrogens with zero attached hydrogens (tertiary/aromatic N) is 1. The smallest absolute Gasteiger partial charge is 0.0657 e. The molecule has 1 atom stereocenters. The monoisotopic (exact) mass is 142 g/mol. The van der Waals surface area contributed by atoms with Gasteiger partial charge in [-0.15, -0.1) is 0 Å². The molecule has 0 aromatic rings. The van der Waals surface area contributed by atoms with E-state index < -0.39 is 8.07 Å². The Bertz CT molecular complexity index is 89.6. The van der Waals surface area contributed by atoms with Crippen LogP contribution in [0.5, 0.6) is 0 Å². The van der Waals surface area contributed by atoms with E-state index in [9.17, 15) is 0 Å². The van der Waals surface area contributed by atoms with Crippen molar-refractivity contribution < 1.29 is 0 Å². The van der Waals surface area contributed by atoms with E-state index in [0.29, 0.717) is 0 Å². The average Bonchev–Trinajstić information content (AvgIpc) is 2.08. The van der Waals surface area contributed by atoms with Crippen LogP contribution in [0.4, 0.5) is 0 Å². The summed E-state index contributed by atoms with van der Waals surface area (Å²) in [7, 11) is -0.891. The van der Waals surface area contributed by atoms with Gasteiger partial charge in [-0.2, -0.15) is 0 Å². The van der Waals surface area contributed by atoms with Crippen molar-refractivity contribution in [2.75, 3.05) is 6.54 Å². The Morgan fingerprint density at radius 2 is 2.00 bits per heavy atom. The van der Waals surface area contributed by atoms with Crippen LogP contribution in [0.2, 0.25) is 19.6 Å². The van der Waals surface area contributed by atoms with Gasteiger partial charge in [-0.25, -0.2) is 5.32 Å². The Morgan fingerprint density at radius 1 is 1.33 bits per heavy atom. The molecule has 2 heteroatoms. The third kappa shape index (κ3) is 1.80. The molecular weight excluding hydrogens is 126 g/mol. The highest BCUT2D eigenvalue weighted by molar-refractivity contribution is 6.77. The summed E-state index contributed by atoms with van der Waals surface area (Å²) >= 11 is 0. The molecule has 1 saturated heterocycles. The first-order valence-electron chi connectivity index (χ1n) is 3.77. The predicted molar refractivity (Wildman–Crippen MR) is 43.4 cm³/mol. The highest BCUT2D eigenvalue weighted by Crippen LogP contribution is 2.18. The number of hydrogen-bond acceptors (Lipinski definition) is 0. The second-order valence-corrected chi connectivity index (χ2v) is 9.33. The summed E-state index contributed by atoms with van der Waals surface area (Å²) in [5.41, 5.74) is 0.775. The van der Waals surface area contributed by atoms with Crippen molar-refractivity contribution in [1.82, 2.24) is 5.32 Å². The van der Waals surface area contributed by atoms with Gasteiger partial charge in [-0.05, 0) is 12.8 Å². The molecule has 0 bridgehead atoms. The molecule has 1 rings (SSSR count). The van der Waals surface area contributed by atoms with Crippen LogP contribution in [0.3, 0.4) is 0 Å². The second-order valence-electron chi connectivity index (χ2n) is 3.93. The van der Waals surface area contributed by atoms with Gasteiger partial charge in [0.05, 0.1) is 8.07 Å². The zero-order valence-corrected chi connectivity index (χ0v) is 7.65. The summed E-state index contributed by atoms with van der Waals surface area (Å²) in [5.74, 6) is 0. The van der Waals surface area contributed by atoms with Gasteiger partial charge in [0.1, 0.15) is 0 Å². The fourth-order valence-corrected chi connectivity index (χ4v) is 3.08. The van der Waals surface area contributed by atoms with Gasteiger partial charge in [0.2, 0.25) is 0 Å². The molecule has 1 aliphatic rings. The SMILES string of the molecule is C[Si](C)(C)C1CCC[N]1. The van der Waals surface area contributed by atoms with Crippen molar-refractivity contribution in [3.05, 3.63) is 0 Å². The van der Waals surface area contributed by atoms with Crippen molar-refractivity contribution in [3.8, 4) is 0 Å². The lowest BCUT2D eigenvalue weighted by atomic mass is 10.4. The maximum atomic E-state index is 4.57. The lowest BCUT2D eigenvalue weighted by Gasteiger charge is -2.22. The minimum atomic E-state index is -0.891. The van der Waals surface area contributed by atoms with Crippen LogP contribution in [0, 0.1) is 0 Å². The first-order chi connectivity index (χ1) is 4.11. The van der Waals surface area contributed by atoms with Crippen molar-refractivity contribution >= 4 is 8.07 Å². The summed E-state index contributed by atoms with van der Waals surface area (Å²) in [4.78, 5) is 0. The third-order valence-corrected chi connectivity index (χ3v) is 4.46. The van der Waals surface area contributed by atoms with Crippen LogP contribution in [-0.4, -0.2) is 20.3 Å². The highest BCUT2D eigenvalue weighted by atomic mass is 28.3. The summed E-state index contributed by atoms with van der Waals surface area (Å²) in [5, 5.41) is 4.57. The summed E-state index contributed by atoms with van der Waals surface area (Å²) in [6, 6.07) is 0. The van der Waals surface area contributed by atoms with Gasteiger partial charge >= 0.3 is 0 Å². The van der Waals surface area contributed by atoms with Gasteiger partial charge in [0, 0.05) is 12.2 Å². The minimum Gasteiger partial charge on any atom is -0.242 e. The predicted octanol–water partition coefficient (Wildman–Crippen LogP) is 1.63. The molecule has 0 aliphatic carbocycles. The van der Waals surface area contributed by atoms with Crippen LogP contribution in [-0.2, 0) is 0 Å². The Morgan fingerprint density at radius 3 is 2.22 bits per heavy atom. The number of rotatable bonds is 1. The minimum absolute atomic E-state index is 0.775. The quantitative estimate of drug-likeness (QED) is 0.494. The Balaban J connectivity index is 2.42. The fourth-order valence-electron chi connectivity index (χ4n) is 1.33. The molecule has 0 N–H and O–H groups in total. The van der Waals surface area contributed by atoms with E-state index in [0.717, 1.165) is 12.2 Å². The van der Waals surface area contributed by atoms with Gasteiger partial charge < -0.3 is 0 Å². The molecule has 1 heterocycles. The van der Waals surface area contributed by atoms with Crippen LogP contribution < -0.4 is 5.32 Å². The molecule has 1 nitrogen and oxygen atoms in total. The molecule has 0 saturated carbocycles. The molecule has 1 fully saturated rings. The maximum Gasteiger partial charge on any atom is 0.0657 e. The first-order valence-corrected chi connectivity index (χ1v) is 7.35. The van der Waals surface area contributed by atoms with Crippen LogP contribution >= 0.6 is 0 Å². The van der Waals surface area contributed by atoms with E-state index in [1.807, 2.05) is 0 Å². The lowest BCUT2D eigenvalue weighted by molar-refractivity contribution is 0.748. The molecule has 1 radical (unpaired) electrons. The van der Waals surface area contributed by atoms with Crippen LogP contribution in [0.25, 0.3) is 0 Å². The van der Waals surface area contributed by atoms with E-state index >= 15 is 0 Å². The molecule has 1 aliphatic heterocycles. The lowest BCUT2D eigenvalue weighted by Crippen LogP contribution is -2.41. The summed E-state index contributed by atoms with van der Waals surface area (Å²) in [6.07, 6.45) is 2.71. The van der Waals surface area contributed by atoms with Crippen molar-refractivity contribution in [2.45, 2.75) is 38.1 Å². The highest BCUT2D eigenvalue weighted by Gasteiger charge is 2.29. The molecule has 0 spiro atoms. The van der Waals surface area contributed by atoms with E-state index in [1.165, 1.54) is 12.8 Å². The summed E-state index contributed by atoms with van der Waals surface area (Å²) in [6.45, 7) is 8.36. The van der Waals surface area contributed by atoms with E-state index in [1.54, 1.807) is 0 Å². The molecular formula is C7H16NSi. The van der Waals surface area contributed by atoms with Gasteiger partial charge in [0.25, 0.3) is 0 Å². The molecule has 9 heavy (non-hydrogen) atoms. The van der Waals surface area contributed by atoms with Crippen molar-refractivity contribution in [1.29, 1.82) is 0 Å². The Kier molecular flexibility index (Phi) is 1.96. The third-order valence-electron chi connectivity index (χ3n) is 1.98. The first kappa shape index (κ1) is 7.29. The van der Waals surface area contributed by atoms with Gasteiger partial charge in [-0.3, -0.25) is 0 Å².